The lowest BCUT2D eigenvalue weighted by molar-refractivity contribution is 0.103. The minimum absolute atomic E-state index is 0.0938. The lowest BCUT2D eigenvalue weighted by Gasteiger charge is -2.13. The van der Waals surface area contributed by atoms with Crippen LogP contribution in [0.2, 0.25) is 5.02 Å². The number of ketones is 1. The van der Waals surface area contributed by atoms with E-state index >= 15 is 0 Å². The van der Waals surface area contributed by atoms with E-state index in [1.54, 1.807) is 48.5 Å². The van der Waals surface area contributed by atoms with E-state index in [1.165, 1.54) is 6.07 Å². The fourth-order valence-electron chi connectivity index (χ4n) is 2.71. The number of carbonyl (C=O) groups is 1. The largest absolute Gasteiger partial charge is 0.355 e. The van der Waals surface area contributed by atoms with Gasteiger partial charge in [-0.15, -0.1) is 0 Å². The van der Waals surface area contributed by atoms with Crippen LogP contribution in [-0.4, -0.2) is 5.78 Å². The van der Waals surface area contributed by atoms with Crippen LogP contribution >= 0.6 is 11.6 Å². The van der Waals surface area contributed by atoms with Crippen LogP contribution < -0.4 is 5.32 Å². The van der Waals surface area contributed by atoms with Crippen molar-refractivity contribution >= 4 is 28.8 Å². The van der Waals surface area contributed by atoms with Crippen LogP contribution in [0.4, 0.5) is 20.2 Å². The van der Waals surface area contributed by atoms with Crippen molar-refractivity contribution in [3.8, 4) is 0 Å². The van der Waals surface area contributed by atoms with Gasteiger partial charge < -0.3 is 5.32 Å². The molecule has 3 aromatic carbocycles. The molecule has 0 spiro atoms. The molecule has 0 aliphatic heterocycles. The van der Waals surface area contributed by atoms with Crippen molar-refractivity contribution in [1.29, 1.82) is 0 Å². The van der Waals surface area contributed by atoms with Gasteiger partial charge in [0.1, 0.15) is 0 Å². The number of para-hydroxylation sites is 1. The van der Waals surface area contributed by atoms with Crippen molar-refractivity contribution < 1.29 is 13.6 Å². The molecule has 26 heavy (non-hydrogen) atoms. The minimum atomic E-state index is -2.59. The summed E-state index contributed by atoms with van der Waals surface area (Å²) < 4.78 is 26.2. The number of hydrogen-bond acceptors (Lipinski definition) is 2. The van der Waals surface area contributed by atoms with Crippen molar-refractivity contribution in [2.75, 3.05) is 5.32 Å². The maximum atomic E-state index is 13.1. The number of anilines is 2. The normalized spacial score (nSPS) is 10.8. The van der Waals surface area contributed by atoms with E-state index in [-0.39, 0.29) is 16.4 Å². The molecule has 0 fully saturated rings. The molecule has 2 nitrogen and oxygen atoms in total. The van der Waals surface area contributed by atoms with E-state index in [2.05, 4.69) is 5.32 Å². The zero-order valence-electron chi connectivity index (χ0n) is 14.0. The van der Waals surface area contributed by atoms with Crippen molar-refractivity contribution in [1.82, 2.24) is 0 Å². The monoisotopic (exact) mass is 371 g/mol. The van der Waals surface area contributed by atoms with E-state index in [1.807, 2.05) is 19.1 Å². The Bertz CT molecular complexity index is 956. The van der Waals surface area contributed by atoms with E-state index in [0.717, 1.165) is 5.56 Å². The van der Waals surface area contributed by atoms with Gasteiger partial charge in [0.15, 0.2) is 5.78 Å². The first-order valence-corrected chi connectivity index (χ1v) is 8.39. The Labute approximate surface area is 155 Å². The highest BCUT2D eigenvalue weighted by Crippen LogP contribution is 2.31. The number of halogens is 3. The molecule has 0 radical (unpaired) electrons. The van der Waals surface area contributed by atoms with Crippen LogP contribution in [0.15, 0.2) is 66.7 Å². The van der Waals surface area contributed by atoms with Crippen LogP contribution in [0.5, 0.6) is 0 Å². The van der Waals surface area contributed by atoms with Gasteiger partial charge in [-0.3, -0.25) is 4.79 Å². The second-order valence-corrected chi connectivity index (χ2v) is 6.26. The summed E-state index contributed by atoms with van der Waals surface area (Å²) in [6, 6.07) is 18.3. The Balaban J connectivity index is 1.89. The number of alkyl halides is 2. The Morgan fingerprint density at radius 1 is 0.962 bits per heavy atom. The fourth-order valence-corrected chi connectivity index (χ4v) is 2.97. The highest BCUT2D eigenvalue weighted by molar-refractivity contribution is 6.35. The second kappa shape index (κ2) is 7.67. The standard InChI is InChI=1S/C21H16ClF2NO/c1-13-6-2-3-7-15(13)20(26)16-11-10-14(12-18(16)22)25-19-9-5-4-8-17(19)21(23)24/h2-12,21,25H,1H3. The second-order valence-electron chi connectivity index (χ2n) is 5.85. The summed E-state index contributed by atoms with van der Waals surface area (Å²) in [4.78, 5) is 12.7. The molecule has 0 aliphatic rings. The SMILES string of the molecule is Cc1ccccc1C(=O)c1ccc(Nc2ccccc2C(F)F)cc1Cl. The summed E-state index contributed by atoms with van der Waals surface area (Å²) in [5.41, 5.74) is 2.55. The smallest absolute Gasteiger partial charge is 0.265 e. The zero-order chi connectivity index (χ0) is 18.7. The zero-order valence-corrected chi connectivity index (χ0v) is 14.7. The van der Waals surface area contributed by atoms with Crippen LogP contribution in [0.1, 0.15) is 33.5 Å². The molecule has 0 aliphatic carbocycles. The van der Waals surface area contributed by atoms with E-state index < -0.39 is 6.43 Å². The average molecular weight is 372 g/mol. The highest BCUT2D eigenvalue weighted by atomic mass is 35.5. The summed E-state index contributed by atoms with van der Waals surface area (Å²) >= 11 is 6.29. The van der Waals surface area contributed by atoms with Gasteiger partial charge in [0.05, 0.1) is 5.02 Å². The maximum Gasteiger partial charge on any atom is 0.265 e. The summed E-state index contributed by atoms with van der Waals surface area (Å²) in [5.74, 6) is -0.173. The molecule has 0 saturated carbocycles. The number of hydrogen-bond donors (Lipinski definition) is 1. The Morgan fingerprint density at radius 2 is 1.65 bits per heavy atom. The molecule has 0 bridgehead atoms. The molecule has 132 valence electrons. The summed E-state index contributed by atoms with van der Waals surface area (Å²) in [6.07, 6.45) is -2.59. The average Bonchev–Trinajstić information content (AvgIpc) is 2.62. The van der Waals surface area contributed by atoms with Gasteiger partial charge in [0.25, 0.3) is 6.43 Å². The van der Waals surface area contributed by atoms with Crippen molar-refractivity contribution in [3.63, 3.8) is 0 Å². The fraction of sp³-hybridized carbons (Fsp3) is 0.0952. The predicted octanol–water partition coefficient (Wildman–Crippen LogP) is 6.56. The van der Waals surface area contributed by atoms with Gasteiger partial charge in [0, 0.05) is 28.1 Å². The maximum absolute atomic E-state index is 13.1. The molecule has 5 heteroatoms. The number of benzene rings is 3. The van der Waals surface area contributed by atoms with Crippen molar-refractivity contribution in [3.05, 3.63) is 94.0 Å². The van der Waals surface area contributed by atoms with Crippen LogP contribution in [0, 0.1) is 6.92 Å². The Hall–Kier alpha value is -2.72. The molecular formula is C21H16ClF2NO. The third-order valence-corrected chi connectivity index (χ3v) is 4.39. The molecule has 0 aromatic heterocycles. The van der Waals surface area contributed by atoms with Crippen LogP contribution in [0.25, 0.3) is 0 Å². The summed E-state index contributed by atoms with van der Waals surface area (Å²) in [6.45, 7) is 1.86. The van der Waals surface area contributed by atoms with Crippen molar-refractivity contribution in [2.24, 2.45) is 0 Å². The number of carbonyl (C=O) groups excluding carboxylic acids is 1. The number of nitrogens with one attached hydrogen (secondary N) is 1. The summed E-state index contributed by atoms with van der Waals surface area (Å²) in [7, 11) is 0. The first kappa shape index (κ1) is 18.1. The third-order valence-electron chi connectivity index (χ3n) is 4.08. The van der Waals surface area contributed by atoms with Gasteiger partial charge in [-0.05, 0) is 36.8 Å². The third kappa shape index (κ3) is 3.75. The van der Waals surface area contributed by atoms with Gasteiger partial charge >= 0.3 is 0 Å². The van der Waals surface area contributed by atoms with E-state index in [0.29, 0.717) is 22.5 Å². The summed E-state index contributed by atoms with van der Waals surface area (Å²) in [5, 5.41) is 3.20. The van der Waals surface area contributed by atoms with Crippen molar-refractivity contribution in [2.45, 2.75) is 13.3 Å². The molecule has 0 unspecified atom stereocenters. The van der Waals surface area contributed by atoms with Crippen LogP contribution in [-0.2, 0) is 0 Å². The first-order valence-electron chi connectivity index (χ1n) is 8.01. The lowest BCUT2D eigenvalue weighted by atomic mass is 9.99. The molecule has 0 saturated heterocycles. The molecule has 0 heterocycles. The van der Waals surface area contributed by atoms with Crippen LogP contribution in [0.3, 0.4) is 0 Å². The lowest BCUT2D eigenvalue weighted by Crippen LogP contribution is -2.05. The van der Waals surface area contributed by atoms with E-state index in [9.17, 15) is 13.6 Å². The quantitative estimate of drug-likeness (QED) is 0.514. The molecular weight excluding hydrogens is 356 g/mol. The van der Waals surface area contributed by atoms with E-state index in [4.69, 9.17) is 11.6 Å². The van der Waals surface area contributed by atoms with Gasteiger partial charge in [-0.1, -0.05) is 54.1 Å². The molecule has 3 aromatic rings. The van der Waals surface area contributed by atoms with Gasteiger partial charge in [0.2, 0.25) is 0 Å². The Morgan fingerprint density at radius 3 is 2.35 bits per heavy atom. The minimum Gasteiger partial charge on any atom is -0.355 e. The topological polar surface area (TPSA) is 29.1 Å². The number of aryl methyl sites for hydroxylation is 1. The first-order chi connectivity index (χ1) is 12.5. The Kier molecular flexibility index (Phi) is 5.33. The van der Waals surface area contributed by atoms with Gasteiger partial charge in [-0.2, -0.15) is 0 Å². The highest BCUT2D eigenvalue weighted by Gasteiger charge is 2.16. The molecule has 1 N–H and O–H groups in total. The molecule has 3 rings (SSSR count). The predicted molar refractivity (Wildman–Crippen MR) is 101 cm³/mol. The number of rotatable bonds is 5. The molecule has 0 atom stereocenters. The molecule has 0 amide bonds. The van der Waals surface area contributed by atoms with Gasteiger partial charge in [-0.25, -0.2) is 8.78 Å².